The number of aromatic nitrogens is 1. The average Bonchev–Trinajstić information content (AvgIpc) is 2.77. The van der Waals surface area contributed by atoms with Gasteiger partial charge >= 0.3 is 5.97 Å². The fourth-order valence-electron chi connectivity index (χ4n) is 2.41. The van der Waals surface area contributed by atoms with Crippen LogP contribution in [0, 0.1) is 0 Å². The number of benzene rings is 2. The number of carboxylic acid groups (broad SMARTS) is 1. The van der Waals surface area contributed by atoms with Crippen molar-refractivity contribution in [1.82, 2.24) is 4.98 Å². The van der Waals surface area contributed by atoms with Crippen LogP contribution in [0.25, 0.3) is 22.2 Å². The second kappa shape index (κ2) is 5.02. The highest BCUT2D eigenvalue weighted by Gasteiger charge is 2.15. The van der Waals surface area contributed by atoms with E-state index in [1.807, 2.05) is 36.4 Å². The van der Waals surface area contributed by atoms with Crippen molar-refractivity contribution in [3.8, 4) is 11.3 Å². The van der Waals surface area contributed by atoms with Gasteiger partial charge < -0.3 is 10.1 Å². The first-order valence-electron chi connectivity index (χ1n) is 6.22. The fraction of sp³-hybridized carbons (Fsp3) is 0.0625. The second-order valence-electron chi connectivity index (χ2n) is 4.60. The Labute approximate surface area is 120 Å². The standard InChI is InChI=1S/C16H12ClNO2/c17-11-6-7-14-12(8-11)13(9-15(19)20)16(18-14)10-4-2-1-3-5-10/h1-8,18H,9H2,(H,19,20). The normalized spacial score (nSPS) is 10.8. The van der Waals surface area contributed by atoms with Crippen LogP contribution >= 0.6 is 11.6 Å². The van der Waals surface area contributed by atoms with Gasteiger partial charge in [0.15, 0.2) is 0 Å². The Balaban J connectivity index is 2.28. The summed E-state index contributed by atoms with van der Waals surface area (Å²) >= 11 is 6.02. The number of fused-ring (bicyclic) bond motifs is 1. The van der Waals surface area contributed by atoms with Crippen molar-refractivity contribution in [3.63, 3.8) is 0 Å². The van der Waals surface area contributed by atoms with Gasteiger partial charge in [-0.05, 0) is 29.3 Å². The van der Waals surface area contributed by atoms with Crippen molar-refractivity contribution >= 4 is 28.5 Å². The molecule has 3 aromatic rings. The van der Waals surface area contributed by atoms with E-state index in [-0.39, 0.29) is 6.42 Å². The summed E-state index contributed by atoms with van der Waals surface area (Å²) in [5.74, 6) is -0.858. The quantitative estimate of drug-likeness (QED) is 0.761. The molecule has 0 aliphatic heterocycles. The zero-order chi connectivity index (χ0) is 14.1. The second-order valence-corrected chi connectivity index (χ2v) is 5.04. The first-order chi connectivity index (χ1) is 9.65. The minimum atomic E-state index is -0.858. The SMILES string of the molecule is O=C(O)Cc1c(-c2ccccc2)[nH]c2ccc(Cl)cc12. The number of rotatable bonds is 3. The minimum Gasteiger partial charge on any atom is -0.481 e. The maximum Gasteiger partial charge on any atom is 0.307 e. The van der Waals surface area contributed by atoms with Crippen LogP contribution in [0.15, 0.2) is 48.5 Å². The molecular formula is C16H12ClNO2. The van der Waals surface area contributed by atoms with Crippen molar-refractivity contribution in [3.05, 3.63) is 59.1 Å². The third kappa shape index (κ3) is 2.28. The van der Waals surface area contributed by atoms with Gasteiger partial charge in [-0.3, -0.25) is 4.79 Å². The smallest absolute Gasteiger partial charge is 0.307 e. The molecule has 0 bridgehead atoms. The highest BCUT2D eigenvalue weighted by atomic mass is 35.5. The highest BCUT2D eigenvalue weighted by Crippen LogP contribution is 2.32. The molecule has 100 valence electrons. The van der Waals surface area contributed by atoms with Gasteiger partial charge in [0.2, 0.25) is 0 Å². The minimum absolute atomic E-state index is 0.0371. The molecule has 0 saturated heterocycles. The lowest BCUT2D eigenvalue weighted by Crippen LogP contribution is -2.00. The van der Waals surface area contributed by atoms with E-state index in [1.165, 1.54) is 0 Å². The van der Waals surface area contributed by atoms with E-state index in [0.717, 1.165) is 27.7 Å². The zero-order valence-corrected chi connectivity index (χ0v) is 11.3. The van der Waals surface area contributed by atoms with E-state index < -0.39 is 5.97 Å². The Morgan fingerprint density at radius 1 is 1.15 bits per heavy atom. The van der Waals surface area contributed by atoms with E-state index in [4.69, 9.17) is 16.7 Å². The number of halogens is 1. The molecule has 0 aliphatic rings. The van der Waals surface area contributed by atoms with Crippen LogP contribution < -0.4 is 0 Å². The molecule has 3 nitrogen and oxygen atoms in total. The topological polar surface area (TPSA) is 53.1 Å². The Bertz CT molecular complexity index is 778. The molecular weight excluding hydrogens is 274 g/mol. The van der Waals surface area contributed by atoms with Gasteiger partial charge in [0.1, 0.15) is 0 Å². The molecule has 4 heteroatoms. The summed E-state index contributed by atoms with van der Waals surface area (Å²) in [6, 6.07) is 15.2. The maximum atomic E-state index is 11.1. The Hall–Kier alpha value is -2.26. The van der Waals surface area contributed by atoms with Crippen molar-refractivity contribution in [2.75, 3.05) is 0 Å². The third-order valence-electron chi connectivity index (χ3n) is 3.26. The maximum absolute atomic E-state index is 11.1. The monoisotopic (exact) mass is 285 g/mol. The molecule has 0 saturated carbocycles. The fourth-order valence-corrected chi connectivity index (χ4v) is 2.58. The number of aliphatic carboxylic acids is 1. The molecule has 1 aromatic heterocycles. The molecule has 0 spiro atoms. The number of hydrogen-bond acceptors (Lipinski definition) is 1. The summed E-state index contributed by atoms with van der Waals surface area (Å²) < 4.78 is 0. The van der Waals surface area contributed by atoms with Gasteiger partial charge in [0, 0.05) is 15.9 Å². The van der Waals surface area contributed by atoms with E-state index in [9.17, 15) is 4.79 Å². The van der Waals surface area contributed by atoms with E-state index in [0.29, 0.717) is 5.02 Å². The molecule has 0 atom stereocenters. The number of H-pyrrole nitrogens is 1. The molecule has 3 rings (SSSR count). The highest BCUT2D eigenvalue weighted by molar-refractivity contribution is 6.31. The number of hydrogen-bond donors (Lipinski definition) is 2. The van der Waals surface area contributed by atoms with Crippen LogP contribution in [-0.4, -0.2) is 16.1 Å². The largest absolute Gasteiger partial charge is 0.481 e. The van der Waals surface area contributed by atoms with Crippen LogP contribution in [0.3, 0.4) is 0 Å². The molecule has 0 unspecified atom stereocenters. The number of nitrogens with one attached hydrogen (secondary N) is 1. The lowest BCUT2D eigenvalue weighted by atomic mass is 10.0. The first-order valence-corrected chi connectivity index (χ1v) is 6.60. The molecule has 0 radical (unpaired) electrons. The van der Waals surface area contributed by atoms with Crippen molar-refractivity contribution in [1.29, 1.82) is 0 Å². The first kappa shape index (κ1) is 12.8. The number of carbonyl (C=O) groups is 1. The predicted octanol–water partition coefficient (Wildman–Crippen LogP) is 4.12. The van der Waals surface area contributed by atoms with Crippen LogP contribution in [0.2, 0.25) is 5.02 Å². The summed E-state index contributed by atoms with van der Waals surface area (Å²) in [7, 11) is 0. The average molecular weight is 286 g/mol. The molecule has 2 N–H and O–H groups in total. The van der Waals surface area contributed by atoms with E-state index in [1.54, 1.807) is 12.1 Å². The van der Waals surface area contributed by atoms with Crippen LogP contribution in [-0.2, 0) is 11.2 Å². The predicted molar refractivity (Wildman–Crippen MR) is 80.1 cm³/mol. The van der Waals surface area contributed by atoms with Crippen molar-refractivity contribution in [2.24, 2.45) is 0 Å². The Kier molecular flexibility index (Phi) is 3.20. The molecule has 20 heavy (non-hydrogen) atoms. The van der Waals surface area contributed by atoms with Crippen LogP contribution in [0.1, 0.15) is 5.56 Å². The van der Waals surface area contributed by atoms with Gasteiger partial charge in [0.05, 0.1) is 12.1 Å². The Morgan fingerprint density at radius 2 is 1.90 bits per heavy atom. The van der Waals surface area contributed by atoms with Crippen LogP contribution in [0.5, 0.6) is 0 Å². The van der Waals surface area contributed by atoms with Gasteiger partial charge in [-0.15, -0.1) is 0 Å². The lowest BCUT2D eigenvalue weighted by Gasteiger charge is -2.02. The Morgan fingerprint density at radius 3 is 2.60 bits per heavy atom. The van der Waals surface area contributed by atoms with Crippen molar-refractivity contribution in [2.45, 2.75) is 6.42 Å². The van der Waals surface area contributed by atoms with Crippen LogP contribution in [0.4, 0.5) is 0 Å². The van der Waals surface area contributed by atoms with Gasteiger partial charge in [-0.2, -0.15) is 0 Å². The van der Waals surface area contributed by atoms with Crippen molar-refractivity contribution < 1.29 is 9.90 Å². The van der Waals surface area contributed by atoms with Gasteiger partial charge in [-0.25, -0.2) is 0 Å². The molecule has 2 aromatic carbocycles. The summed E-state index contributed by atoms with van der Waals surface area (Å²) in [4.78, 5) is 14.4. The zero-order valence-electron chi connectivity index (χ0n) is 10.6. The van der Waals surface area contributed by atoms with Gasteiger partial charge in [-0.1, -0.05) is 41.9 Å². The number of carboxylic acids is 1. The number of aromatic amines is 1. The summed E-state index contributed by atoms with van der Waals surface area (Å²) in [6.45, 7) is 0. The van der Waals surface area contributed by atoms with Gasteiger partial charge in [0.25, 0.3) is 0 Å². The van der Waals surface area contributed by atoms with E-state index >= 15 is 0 Å². The molecule has 0 fully saturated rings. The third-order valence-corrected chi connectivity index (χ3v) is 3.49. The van der Waals surface area contributed by atoms with E-state index in [2.05, 4.69) is 4.98 Å². The molecule has 0 aliphatic carbocycles. The summed E-state index contributed by atoms with van der Waals surface area (Å²) in [6.07, 6.45) is -0.0371. The molecule has 1 heterocycles. The summed E-state index contributed by atoms with van der Waals surface area (Å²) in [5, 5.41) is 10.6. The lowest BCUT2D eigenvalue weighted by molar-refractivity contribution is -0.136. The molecule has 0 amide bonds. The summed E-state index contributed by atoms with van der Waals surface area (Å²) in [5.41, 5.74) is 3.46.